The van der Waals surface area contributed by atoms with E-state index >= 15 is 0 Å². The van der Waals surface area contributed by atoms with Crippen molar-refractivity contribution >= 4 is 29.3 Å². The third-order valence-corrected chi connectivity index (χ3v) is 5.62. The van der Waals surface area contributed by atoms with E-state index < -0.39 is 0 Å². The van der Waals surface area contributed by atoms with E-state index in [2.05, 4.69) is 29.8 Å². The fraction of sp³-hybridized carbons (Fsp3) is 0.839. The lowest BCUT2D eigenvalue weighted by Gasteiger charge is -2.19. The molecule has 230 valence electrons. The molecule has 0 aromatic heterocycles. The Morgan fingerprint density at radius 3 is 1.00 bits per heavy atom. The molecule has 0 aromatic rings. The fourth-order valence-electron chi connectivity index (χ4n) is 2.96. The SMILES string of the molecule is CC(=O)C(CC(C)C)NC(=O)C(C)C.CC(=O)C(CC(C)C)NC(=O)C(C)C.CC(C)CCNC(=O)C(C)C. The van der Waals surface area contributed by atoms with Crippen molar-refractivity contribution in [2.75, 3.05) is 6.54 Å². The number of rotatable bonds is 14. The maximum atomic E-state index is 11.4. The number of carbonyl (C=O) groups excluding carboxylic acids is 5. The molecule has 0 aliphatic rings. The summed E-state index contributed by atoms with van der Waals surface area (Å²) in [6.45, 7) is 27.4. The van der Waals surface area contributed by atoms with Crippen molar-refractivity contribution in [1.82, 2.24) is 16.0 Å². The number of ketones is 2. The van der Waals surface area contributed by atoms with Crippen LogP contribution in [0.25, 0.3) is 0 Å². The molecule has 2 atom stereocenters. The molecule has 0 bridgehead atoms. The molecule has 0 rings (SSSR count). The van der Waals surface area contributed by atoms with Crippen LogP contribution in [0.1, 0.15) is 116 Å². The minimum Gasteiger partial charge on any atom is -0.356 e. The summed E-state index contributed by atoms with van der Waals surface area (Å²) >= 11 is 0. The molecule has 8 nitrogen and oxygen atoms in total. The second-order valence-electron chi connectivity index (χ2n) is 12.5. The highest BCUT2D eigenvalue weighted by molar-refractivity contribution is 5.88. The topological polar surface area (TPSA) is 121 Å². The van der Waals surface area contributed by atoms with Crippen LogP contribution in [0, 0.1) is 35.5 Å². The molecular formula is C31H61N3O5. The van der Waals surface area contributed by atoms with E-state index in [0.717, 1.165) is 13.0 Å². The van der Waals surface area contributed by atoms with Gasteiger partial charge in [-0.15, -0.1) is 0 Å². The zero-order chi connectivity index (χ0) is 31.5. The summed E-state index contributed by atoms with van der Waals surface area (Å²) in [6.07, 6.45) is 2.50. The second kappa shape index (κ2) is 22.6. The van der Waals surface area contributed by atoms with Gasteiger partial charge in [-0.2, -0.15) is 0 Å². The van der Waals surface area contributed by atoms with Crippen LogP contribution in [0.15, 0.2) is 0 Å². The van der Waals surface area contributed by atoms with E-state index in [4.69, 9.17) is 0 Å². The number of amides is 3. The molecule has 39 heavy (non-hydrogen) atoms. The van der Waals surface area contributed by atoms with Gasteiger partial charge in [0.2, 0.25) is 17.7 Å². The van der Waals surface area contributed by atoms with E-state index in [1.165, 1.54) is 13.8 Å². The first kappa shape index (κ1) is 41.2. The normalized spacial score (nSPS) is 12.4. The molecule has 0 heterocycles. The van der Waals surface area contributed by atoms with Crippen LogP contribution in [-0.4, -0.2) is 47.9 Å². The van der Waals surface area contributed by atoms with Gasteiger partial charge in [-0.1, -0.05) is 83.1 Å². The van der Waals surface area contributed by atoms with Crippen LogP contribution in [-0.2, 0) is 24.0 Å². The third kappa shape index (κ3) is 25.8. The van der Waals surface area contributed by atoms with E-state index in [9.17, 15) is 24.0 Å². The number of nitrogens with one attached hydrogen (secondary N) is 3. The van der Waals surface area contributed by atoms with Gasteiger partial charge >= 0.3 is 0 Å². The summed E-state index contributed by atoms with van der Waals surface area (Å²) in [5, 5.41) is 8.39. The highest BCUT2D eigenvalue weighted by Crippen LogP contribution is 2.07. The summed E-state index contributed by atoms with van der Waals surface area (Å²) in [4.78, 5) is 56.2. The van der Waals surface area contributed by atoms with Crippen LogP contribution in [0.5, 0.6) is 0 Å². The third-order valence-electron chi connectivity index (χ3n) is 5.62. The smallest absolute Gasteiger partial charge is 0.223 e. The van der Waals surface area contributed by atoms with Crippen molar-refractivity contribution in [1.29, 1.82) is 0 Å². The van der Waals surface area contributed by atoms with Crippen LogP contribution in [0.4, 0.5) is 0 Å². The monoisotopic (exact) mass is 555 g/mol. The molecule has 8 heteroatoms. The van der Waals surface area contributed by atoms with Gasteiger partial charge in [-0.05, 0) is 50.9 Å². The fourth-order valence-corrected chi connectivity index (χ4v) is 2.96. The summed E-state index contributed by atoms with van der Waals surface area (Å²) in [5.74, 6) is 1.60. The van der Waals surface area contributed by atoms with Crippen molar-refractivity contribution in [3.63, 3.8) is 0 Å². The molecule has 3 amide bonds. The number of hydrogen-bond donors (Lipinski definition) is 3. The van der Waals surface area contributed by atoms with Crippen LogP contribution >= 0.6 is 0 Å². The zero-order valence-electron chi connectivity index (χ0n) is 27.5. The van der Waals surface area contributed by atoms with Gasteiger partial charge in [0.1, 0.15) is 0 Å². The summed E-state index contributed by atoms with van der Waals surface area (Å²) < 4.78 is 0. The Balaban J connectivity index is -0.000000503. The minimum atomic E-state index is -0.315. The molecule has 0 aliphatic heterocycles. The molecule has 0 aliphatic carbocycles. The van der Waals surface area contributed by atoms with E-state index in [-0.39, 0.29) is 59.1 Å². The van der Waals surface area contributed by atoms with Gasteiger partial charge in [0.05, 0.1) is 12.1 Å². The molecule has 0 saturated heterocycles. The predicted octanol–water partition coefficient (Wildman–Crippen LogP) is 5.33. The number of Topliss-reactive ketones (excluding diaryl/α,β-unsaturated/α-hetero) is 2. The molecular weight excluding hydrogens is 494 g/mol. The lowest BCUT2D eigenvalue weighted by molar-refractivity contribution is -0.129. The molecule has 0 aromatic carbocycles. The van der Waals surface area contributed by atoms with Gasteiger partial charge < -0.3 is 16.0 Å². The molecule has 0 radical (unpaired) electrons. The Morgan fingerprint density at radius 2 is 0.795 bits per heavy atom. The average Bonchev–Trinajstić information content (AvgIpc) is 2.77. The van der Waals surface area contributed by atoms with Crippen molar-refractivity contribution in [3.8, 4) is 0 Å². The van der Waals surface area contributed by atoms with Crippen molar-refractivity contribution in [2.45, 2.75) is 128 Å². The highest BCUT2D eigenvalue weighted by atomic mass is 16.2. The van der Waals surface area contributed by atoms with E-state index in [1.54, 1.807) is 0 Å². The molecule has 3 N–H and O–H groups in total. The number of carbonyl (C=O) groups is 5. The van der Waals surface area contributed by atoms with E-state index in [1.807, 2.05) is 69.2 Å². The standard InChI is InChI=1S/2C11H21NO2.C9H19NO/c2*1-7(2)6-10(9(5)13)12-11(14)8(3)4;1-7(2)5-6-10-9(11)8(3)4/h2*7-8,10H,6H2,1-5H3,(H,12,14);7-8H,5-6H2,1-4H3,(H,10,11). The lowest BCUT2D eigenvalue weighted by Crippen LogP contribution is -2.42. The Bertz CT molecular complexity index is 682. The Kier molecular flexibility index (Phi) is 23.8. The average molecular weight is 556 g/mol. The lowest BCUT2D eigenvalue weighted by atomic mass is 10.0. The summed E-state index contributed by atoms with van der Waals surface area (Å²) in [5.41, 5.74) is 0. The van der Waals surface area contributed by atoms with Crippen LogP contribution in [0.3, 0.4) is 0 Å². The largest absolute Gasteiger partial charge is 0.356 e. The Morgan fingerprint density at radius 1 is 0.487 bits per heavy atom. The van der Waals surface area contributed by atoms with Gasteiger partial charge in [0, 0.05) is 24.3 Å². The first-order valence-corrected chi connectivity index (χ1v) is 14.6. The summed E-state index contributed by atoms with van der Waals surface area (Å²) in [7, 11) is 0. The zero-order valence-corrected chi connectivity index (χ0v) is 27.5. The van der Waals surface area contributed by atoms with Crippen molar-refractivity contribution in [3.05, 3.63) is 0 Å². The van der Waals surface area contributed by atoms with Crippen molar-refractivity contribution < 1.29 is 24.0 Å². The van der Waals surface area contributed by atoms with Gasteiger partial charge in [-0.3, -0.25) is 24.0 Å². The minimum absolute atomic E-state index is 0.0349. The highest BCUT2D eigenvalue weighted by Gasteiger charge is 2.20. The predicted molar refractivity (Wildman–Crippen MR) is 161 cm³/mol. The van der Waals surface area contributed by atoms with Crippen molar-refractivity contribution in [2.24, 2.45) is 35.5 Å². The first-order valence-electron chi connectivity index (χ1n) is 14.6. The van der Waals surface area contributed by atoms with Gasteiger partial charge in [-0.25, -0.2) is 0 Å². The molecule has 0 saturated carbocycles. The van der Waals surface area contributed by atoms with Gasteiger partial charge in [0.15, 0.2) is 11.6 Å². The first-order chi connectivity index (χ1) is 17.7. The maximum Gasteiger partial charge on any atom is 0.223 e. The van der Waals surface area contributed by atoms with Gasteiger partial charge in [0.25, 0.3) is 0 Å². The Labute approximate surface area is 239 Å². The maximum absolute atomic E-state index is 11.4. The Hall–Kier alpha value is -2.25. The van der Waals surface area contributed by atoms with Crippen LogP contribution < -0.4 is 16.0 Å². The molecule has 2 unspecified atom stereocenters. The molecule has 0 spiro atoms. The van der Waals surface area contributed by atoms with E-state index in [0.29, 0.717) is 30.6 Å². The quantitative estimate of drug-likeness (QED) is 0.267. The molecule has 0 fully saturated rings. The van der Waals surface area contributed by atoms with Crippen LogP contribution in [0.2, 0.25) is 0 Å². The summed E-state index contributed by atoms with van der Waals surface area (Å²) in [6, 6.07) is -0.630. The number of hydrogen-bond acceptors (Lipinski definition) is 5. The second-order valence-corrected chi connectivity index (χ2v) is 12.5.